The van der Waals surface area contributed by atoms with Crippen molar-refractivity contribution in [3.05, 3.63) is 50.4 Å². The smallest absolute Gasteiger partial charge is 0.330 e. The highest BCUT2D eigenvalue weighted by molar-refractivity contribution is 5.76. The first-order valence-corrected chi connectivity index (χ1v) is 6.50. The van der Waals surface area contributed by atoms with Crippen molar-refractivity contribution in [2.75, 3.05) is 0 Å². The quantitative estimate of drug-likeness (QED) is 0.750. The third kappa shape index (κ3) is 2.06. The minimum atomic E-state index is -0.535. The second kappa shape index (κ2) is 4.69. The van der Waals surface area contributed by atoms with Crippen LogP contribution >= 0.6 is 0 Å². The summed E-state index contributed by atoms with van der Waals surface area (Å²) in [6.45, 7) is 3.97. The normalized spacial score (nSPS) is 11.2. The predicted molar refractivity (Wildman–Crippen MR) is 76.8 cm³/mol. The van der Waals surface area contributed by atoms with Gasteiger partial charge < -0.3 is 4.98 Å². The molecular formula is C14H13FN4O2. The first-order valence-electron chi connectivity index (χ1n) is 6.50. The molecule has 0 unspecified atom stereocenters. The molecule has 0 aliphatic rings. The Kier molecular flexibility index (Phi) is 2.97. The summed E-state index contributed by atoms with van der Waals surface area (Å²) >= 11 is 0. The molecule has 0 aliphatic carbocycles. The van der Waals surface area contributed by atoms with Gasteiger partial charge in [-0.15, -0.1) is 0 Å². The maximum absolute atomic E-state index is 13.4. The summed E-state index contributed by atoms with van der Waals surface area (Å²) in [4.78, 5) is 33.0. The lowest BCUT2D eigenvalue weighted by Gasteiger charge is -2.02. The third-order valence-electron chi connectivity index (χ3n) is 3.40. The number of aromatic amines is 2. The number of halogens is 1. The van der Waals surface area contributed by atoms with Crippen LogP contribution in [0.2, 0.25) is 0 Å². The van der Waals surface area contributed by atoms with Crippen LogP contribution in [0, 0.1) is 12.7 Å². The van der Waals surface area contributed by atoms with E-state index >= 15 is 0 Å². The largest absolute Gasteiger partial charge is 0.332 e. The average Bonchev–Trinajstić information content (AvgIpc) is 2.87. The number of aryl methyl sites for hydroxylation is 2. The van der Waals surface area contributed by atoms with Crippen molar-refractivity contribution < 1.29 is 4.39 Å². The van der Waals surface area contributed by atoms with E-state index in [0.29, 0.717) is 17.9 Å². The van der Waals surface area contributed by atoms with Crippen LogP contribution in [0.1, 0.15) is 12.5 Å². The van der Waals surface area contributed by atoms with Gasteiger partial charge in [0.05, 0.1) is 0 Å². The number of fused-ring (bicyclic) bond motifs is 1. The lowest BCUT2D eigenvalue weighted by molar-refractivity contribution is 0.628. The van der Waals surface area contributed by atoms with Crippen LogP contribution in [0.15, 0.2) is 27.8 Å². The Morgan fingerprint density at radius 3 is 2.76 bits per heavy atom. The van der Waals surface area contributed by atoms with Crippen LogP contribution in [0.3, 0.4) is 0 Å². The van der Waals surface area contributed by atoms with Crippen LogP contribution in [0.5, 0.6) is 0 Å². The van der Waals surface area contributed by atoms with Crippen molar-refractivity contribution in [3.8, 4) is 11.4 Å². The molecule has 0 spiro atoms. The van der Waals surface area contributed by atoms with Crippen molar-refractivity contribution in [1.29, 1.82) is 0 Å². The van der Waals surface area contributed by atoms with Gasteiger partial charge >= 0.3 is 5.69 Å². The lowest BCUT2D eigenvalue weighted by Crippen LogP contribution is -2.29. The van der Waals surface area contributed by atoms with Gasteiger partial charge in [0.15, 0.2) is 5.65 Å². The van der Waals surface area contributed by atoms with Crippen LogP contribution < -0.4 is 11.2 Å². The summed E-state index contributed by atoms with van der Waals surface area (Å²) in [7, 11) is 0. The molecule has 1 aromatic carbocycles. The summed E-state index contributed by atoms with van der Waals surface area (Å²) in [6, 6.07) is 4.33. The molecule has 3 aromatic rings. The molecule has 0 bridgehead atoms. The molecule has 0 fully saturated rings. The van der Waals surface area contributed by atoms with Gasteiger partial charge in [-0.05, 0) is 31.5 Å². The van der Waals surface area contributed by atoms with E-state index < -0.39 is 17.1 Å². The maximum Gasteiger partial charge on any atom is 0.330 e. The van der Waals surface area contributed by atoms with Crippen LogP contribution in [0.25, 0.3) is 22.6 Å². The Morgan fingerprint density at radius 2 is 2.05 bits per heavy atom. The molecule has 7 heteroatoms. The molecule has 108 valence electrons. The van der Waals surface area contributed by atoms with Crippen molar-refractivity contribution >= 4 is 11.2 Å². The number of nitrogens with one attached hydrogen (secondary N) is 2. The van der Waals surface area contributed by atoms with E-state index in [1.54, 1.807) is 13.0 Å². The Hall–Kier alpha value is -2.70. The molecule has 0 atom stereocenters. The molecule has 0 radical (unpaired) electrons. The summed E-state index contributed by atoms with van der Waals surface area (Å²) in [6.07, 6.45) is 0. The van der Waals surface area contributed by atoms with Gasteiger partial charge in [-0.2, -0.15) is 0 Å². The molecule has 0 amide bonds. The highest BCUT2D eigenvalue weighted by Crippen LogP contribution is 2.22. The topological polar surface area (TPSA) is 83.5 Å². The van der Waals surface area contributed by atoms with E-state index in [2.05, 4.69) is 15.0 Å². The molecule has 0 saturated heterocycles. The molecule has 0 aliphatic heterocycles. The van der Waals surface area contributed by atoms with Gasteiger partial charge in [0, 0.05) is 12.1 Å². The zero-order valence-corrected chi connectivity index (χ0v) is 11.5. The van der Waals surface area contributed by atoms with Gasteiger partial charge in [-0.1, -0.05) is 6.07 Å². The van der Waals surface area contributed by atoms with Crippen molar-refractivity contribution in [1.82, 2.24) is 19.5 Å². The lowest BCUT2D eigenvalue weighted by atomic mass is 10.1. The van der Waals surface area contributed by atoms with Crippen LogP contribution in [-0.4, -0.2) is 19.5 Å². The van der Waals surface area contributed by atoms with Crippen LogP contribution in [-0.2, 0) is 6.54 Å². The number of H-pyrrole nitrogens is 2. The summed E-state index contributed by atoms with van der Waals surface area (Å²) < 4.78 is 14.8. The molecule has 2 heterocycles. The summed E-state index contributed by atoms with van der Waals surface area (Å²) in [5.74, 6) is -0.0295. The van der Waals surface area contributed by atoms with Crippen molar-refractivity contribution in [3.63, 3.8) is 0 Å². The van der Waals surface area contributed by atoms with Gasteiger partial charge in [0.25, 0.3) is 5.56 Å². The fourth-order valence-corrected chi connectivity index (χ4v) is 2.31. The minimum absolute atomic E-state index is 0.204. The van der Waals surface area contributed by atoms with Crippen molar-refractivity contribution in [2.24, 2.45) is 0 Å². The monoisotopic (exact) mass is 288 g/mol. The van der Waals surface area contributed by atoms with E-state index in [-0.39, 0.29) is 11.2 Å². The zero-order chi connectivity index (χ0) is 15.1. The number of rotatable bonds is 2. The van der Waals surface area contributed by atoms with Gasteiger partial charge in [-0.3, -0.25) is 14.3 Å². The fourth-order valence-electron chi connectivity index (χ4n) is 2.31. The zero-order valence-electron chi connectivity index (χ0n) is 11.5. The maximum atomic E-state index is 13.4. The Balaban J connectivity index is 2.36. The predicted octanol–water partition coefficient (Wildman–Crippen LogP) is 1.55. The minimum Gasteiger partial charge on any atom is -0.332 e. The van der Waals surface area contributed by atoms with Gasteiger partial charge in [0.1, 0.15) is 17.2 Å². The highest BCUT2D eigenvalue weighted by atomic mass is 19.1. The van der Waals surface area contributed by atoms with Crippen molar-refractivity contribution in [2.45, 2.75) is 20.4 Å². The number of hydrogen-bond donors (Lipinski definition) is 2. The Morgan fingerprint density at radius 1 is 1.29 bits per heavy atom. The van der Waals surface area contributed by atoms with E-state index in [4.69, 9.17) is 0 Å². The second-order valence-electron chi connectivity index (χ2n) is 4.75. The van der Waals surface area contributed by atoms with E-state index in [1.807, 2.05) is 6.92 Å². The molecule has 2 aromatic heterocycles. The molecular weight excluding hydrogens is 275 g/mol. The van der Waals surface area contributed by atoms with E-state index in [9.17, 15) is 14.0 Å². The third-order valence-corrected chi connectivity index (χ3v) is 3.40. The summed E-state index contributed by atoms with van der Waals surface area (Å²) in [5, 5.41) is 0. The van der Waals surface area contributed by atoms with Gasteiger partial charge in [0.2, 0.25) is 0 Å². The standard InChI is InChI=1S/C14H13FN4O2/c1-3-19-12-10(13(20)18-14(19)21)16-11(17-12)9-6-8(15)5-4-7(9)2/h4-6H,3H2,1-2H3,(H,16,17)(H,18,20,21). The van der Waals surface area contributed by atoms with Gasteiger partial charge in [-0.25, -0.2) is 14.2 Å². The number of hydrogen-bond acceptors (Lipinski definition) is 3. The SMILES string of the molecule is CCn1c(=O)[nH]c(=O)c2[nH]c(-c3cc(F)ccc3C)nc21. The molecule has 2 N–H and O–H groups in total. The number of imidazole rings is 1. The molecule has 3 rings (SSSR count). The summed E-state index contributed by atoms with van der Waals surface area (Å²) in [5.41, 5.74) is 0.800. The molecule has 6 nitrogen and oxygen atoms in total. The number of benzene rings is 1. The Labute approximate surface area is 118 Å². The molecule has 21 heavy (non-hydrogen) atoms. The Bertz CT molecular complexity index is 952. The first-order chi connectivity index (χ1) is 10.0. The average molecular weight is 288 g/mol. The van der Waals surface area contributed by atoms with E-state index in [0.717, 1.165) is 5.56 Å². The number of nitrogens with zero attached hydrogens (tertiary/aromatic N) is 2. The van der Waals surface area contributed by atoms with Crippen LogP contribution in [0.4, 0.5) is 4.39 Å². The first kappa shape index (κ1) is 13.3. The molecule has 0 saturated carbocycles. The fraction of sp³-hybridized carbons (Fsp3) is 0.214. The van der Waals surface area contributed by atoms with E-state index in [1.165, 1.54) is 16.7 Å². The number of aromatic nitrogens is 4. The highest BCUT2D eigenvalue weighted by Gasteiger charge is 2.14. The second-order valence-corrected chi connectivity index (χ2v) is 4.75.